The molecule has 3 N–H and O–H groups in total. The fourth-order valence-electron chi connectivity index (χ4n) is 3.53. The van der Waals surface area contributed by atoms with Crippen LogP contribution in [0.1, 0.15) is 54.6 Å². The average molecular weight is 464 g/mol. The number of hydrogen-bond acceptors (Lipinski definition) is 6. The van der Waals surface area contributed by atoms with Gasteiger partial charge < -0.3 is 20.1 Å². The lowest BCUT2D eigenvalue weighted by atomic mass is 9.91. The van der Waals surface area contributed by atoms with Crippen molar-refractivity contribution in [2.45, 2.75) is 39.2 Å². The largest absolute Gasteiger partial charge is 0.465 e. The van der Waals surface area contributed by atoms with Crippen molar-refractivity contribution in [3.05, 3.63) is 70.8 Å². The number of carbonyl (C=O) groups is 3. The third-order valence-electron chi connectivity index (χ3n) is 5.62. The van der Waals surface area contributed by atoms with Gasteiger partial charge in [-0.25, -0.2) is 4.79 Å². The first-order chi connectivity index (χ1) is 16.3. The van der Waals surface area contributed by atoms with E-state index in [2.05, 4.69) is 0 Å². The first-order valence-electron chi connectivity index (χ1n) is 11.2. The van der Waals surface area contributed by atoms with Gasteiger partial charge in [0.1, 0.15) is 18.1 Å². The van der Waals surface area contributed by atoms with Gasteiger partial charge in [-0.05, 0) is 81.1 Å². The Bertz CT molecular complexity index is 1090. The molecule has 1 aliphatic carbocycles. The average Bonchev–Trinajstić information content (AvgIpc) is 2.78. The van der Waals surface area contributed by atoms with Gasteiger partial charge in [0.05, 0.1) is 12.2 Å². The molecule has 0 saturated heterocycles. The molecule has 0 unspecified atom stereocenters. The molecule has 0 heterocycles. The summed E-state index contributed by atoms with van der Waals surface area (Å²) in [4.78, 5) is 39.0. The number of carbonyl (C=O) groups excluding carboxylic acids is 3. The van der Waals surface area contributed by atoms with Crippen LogP contribution in [-0.2, 0) is 14.3 Å². The lowest BCUT2D eigenvalue weighted by molar-refractivity contribution is -0.150. The van der Waals surface area contributed by atoms with Crippen LogP contribution in [0.15, 0.2) is 54.1 Å². The normalized spacial score (nSPS) is 13.5. The number of amides is 1. The van der Waals surface area contributed by atoms with Gasteiger partial charge in [-0.15, -0.1) is 0 Å². The molecule has 2 aromatic carbocycles. The fourth-order valence-corrected chi connectivity index (χ4v) is 3.53. The summed E-state index contributed by atoms with van der Waals surface area (Å²) in [5, 5.41) is 7.40. The Morgan fingerprint density at radius 1 is 1.06 bits per heavy atom. The molecule has 0 aliphatic heterocycles. The first-order valence-corrected chi connectivity index (χ1v) is 11.2. The molecule has 0 aromatic heterocycles. The molecular weight excluding hydrogens is 434 g/mol. The monoisotopic (exact) mass is 463 g/mol. The minimum Gasteiger partial charge on any atom is -0.465 e. The van der Waals surface area contributed by atoms with E-state index in [9.17, 15) is 14.4 Å². The number of esters is 2. The molecular formula is C26H29N3O5. The van der Waals surface area contributed by atoms with Crippen molar-refractivity contribution in [2.24, 2.45) is 5.73 Å². The summed E-state index contributed by atoms with van der Waals surface area (Å²) in [6.07, 6.45) is 4.53. The molecule has 8 nitrogen and oxygen atoms in total. The molecule has 8 heteroatoms. The summed E-state index contributed by atoms with van der Waals surface area (Å²) in [7, 11) is 0. The van der Waals surface area contributed by atoms with Crippen molar-refractivity contribution in [3.63, 3.8) is 0 Å². The van der Waals surface area contributed by atoms with Gasteiger partial charge in [0.15, 0.2) is 0 Å². The van der Waals surface area contributed by atoms with Crippen molar-refractivity contribution in [2.75, 3.05) is 13.2 Å². The van der Waals surface area contributed by atoms with E-state index >= 15 is 0 Å². The lowest BCUT2D eigenvalue weighted by Gasteiger charge is -2.37. The molecule has 0 bridgehead atoms. The van der Waals surface area contributed by atoms with E-state index in [-0.39, 0.29) is 30.9 Å². The number of benzene rings is 2. The number of nitrogens with two attached hydrogens (primary N) is 1. The molecule has 178 valence electrons. The predicted octanol–water partition coefficient (Wildman–Crippen LogP) is 3.54. The van der Waals surface area contributed by atoms with Crippen molar-refractivity contribution in [3.8, 4) is 5.75 Å². The molecule has 1 fully saturated rings. The van der Waals surface area contributed by atoms with Crippen LogP contribution in [0.4, 0.5) is 0 Å². The second kappa shape index (κ2) is 11.3. The molecule has 0 radical (unpaired) electrons. The quantitative estimate of drug-likeness (QED) is 0.193. The molecule has 0 spiro atoms. The number of amidine groups is 1. The summed E-state index contributed by atoms with van der Waals surface area (Å²) in [6, 6.07) is 13.1. The highest BCUT2D eigenvalue weighted by atomic mass is 16.5. The van der Waals surface area contributed by atoms with Crippen molar-refractivity contribution < 1.29 is 23.9 Å². The first kappa shape index (κ1) is 24.7. The highest BCUT2D eigenvalue weighted by Crippen LogP contribution is 2.26. The standard InChI is InChI=1S/C26H29N3O5/c1-3-33-23(30)16-29(21-5-4-6-21)25(31)17(2)15-18-7-9-20(10-8-18)26(32)34-22-13-11-19(12-14-22)24(27)28/h7-15,21H,3-6,16H2,1-2H3,(H3,27,28). The van der Waals surface area contributed by atoms with E-state index in [1.807, 2.05) is 0 Å². The minimum atomic E-state index is -0.524. The van der Waals surface area contributed by atoms with Crippen molar-refractivity contribution >= 4 is 29.8 Å². The van der Waals surface area contributed by atoms with Crippen LogP contribution in [0.25, 0.3) is 6.08 Å². The zero-order valence-corrected chi connectivity index (χ0v) is 19.4. The Morgan fingerprint density at radius 3 is 2.21 bits per heavy atom. The molecule has 1 amide bonds. The smallest absolute Gasteiger partial charge is 0.343 e. The zero-order chi connectivity index (χ0) is 24.7. The van der Waals surface area contributed by atoms with Gasteiger partial charge in [0.2, 0.25) is 5.91 Å². The van der Waals surface area contributed by atoms with Crippen LogP contribution >= 0.6 is 0 Å². The third kappa shape index (κ3) is 6.31. The second-order valence-corrected chi connectivity index (χ2v) is 8.10. The van der Waals surface area contributed by atoms with Crippen molar-refractivity contribution in [1.29, 1.82) is 5.41 Å². The molecule has 0 atom stereocenters. The van der Waals surface area contributed by atoms with Crippen molar-refractivity contribution in [1.82, 2.24) is 4.90 Å². The maximum atomic E-state index is 13.0. The van der Waals surface area contributed by atoms with Gasteiger partial charge >= 0.3 is 11.9 Å². The van der Waals surface area contributed by atoms with E-state index in [0.29, 0.717) is 22.4 Å². The van der Waals surface area contributed by atoms with Gasteiger partial charge in [0.25, 0.3) is 0 Å². The zero-order valence-electron chi connectivity index (χ0n) is 19.4. The van der Waals surface area contributed by atoms with Gasteiger partial charge in [-0.2, -0.15) is 0 Å². The Hall–Kier alpha value is -3.94. The van der Waals surface area contributed by atoms with Crippen LogP contribution in [0.2, 0.25) is 0 Å². The molecule has 1 aliphatic rings. The summed E-state index contributed by atoms with van der Waals surface area (Å²) < 4.78 is 10.4. The summed E-state index contributed by atoms with van der Waals surface area (Å²) in [6.45, 7) is 3.67. The third-order valence-corrected chi connectivity index (χ3v) is 5.62. The van der Waals surface area contributed by atoms with E-state index in [1.165, 1.54) is 0 Å². The Kier molecular flexibility index (Phi) is 8.19. The Morgan fingerprint density at radius 2 is 1.68 bits per heavy atom. The number of nitrogen functional groups attached to an aromatic ring is 1. The number of hydrogen-bond donors (Lipinski definition) is 2. The highest BCUT2D eigenvalue weighted by Gasteiger charge is 2.31. The number of ether oxygens (including phenoxy) is 2. The topological polar surface area (TPSA) is 123 Å². The highest BCUT2D eigenvalue weighted by molar-refractivity contribution is 5.99. The number of nitrogens with zero attached hydrogens (tertiary/aromatic N) is 1. The Labute approximate surface area is 198 Å². The maximum absolute atomic E-state index is 13.0. The SMILES string of the molecule is CCOC(=O)CN(C(=O)C(C)=Cc1ccc(C(=O)Oc2ccc(C(=N)N)cc2)cc1)C1CCC1. The summed E-state index contributed by atoms with van der Waals surface area (Å²) in [5.41, 5.74) is 7.57. The molecule has 34 heavy (non-hydrogen) atoms. The fraction of sp³-hybridized carbons (Fsp3) is 0.308. The van der Waals surface area contributed by atoms with Crippen LogP contribution in [0, 0.1) is 5.41 Å². The second-order valence-electron chi connectivity index (χ2n) is 8.10. The summed E-state index contributed by atoms with van der Waals surface area (Å²) >= 11 is 0. The predicted molar refractivity (Wildman–Crippen MR) is 128 cm³/mol. The van der Waals surface area contributed by atoms with Crippen LogP contribution in [0.3, 0.4) is 0 Å². The summed E-state index contributed by atoms with van der Waals surface area (Å²) in [5.74, 6) is -0.848. The maximum Gasteiger partial charge on any atom is 0.343 e. The number of rotatable bonds is 9. The molecule has 3 rings (SSSR count). The Balaban J connectivity index is 1.66. The minimum absolute atomic E-state index is 0.0549. The molecule has 1 saturated carbocycles. The van der Waals surface area contributed by atoms with E-state index in [0.717, 1.165) is 24.8 Å². The van der Waals surface area contributed by atoms with Crippen LogP contribution in [0.5, 0.6) is 5.75 Å². The van der Waals surface area contributed by atoms with E-state index in [1.54, 1.807) is 73.4 Å². The van der Waals surface area contributed by atoms with Crippen LogP contribution < -0.4 is 10.5 Å². The lowest BCUT2D eigenvalue weighted by Crippen LogP contribution is -2.47. The van der Waals surface area contributed by atoms with E-state index in [4.69, 9.17) is 20.6 Å². The van der Waals surface area contributed by atoms with Gasteiger partial charge in [-0.1, -0.05) is 12.1 Å². The van der Waals surface area contributed by atoms with Gasteiger partial charge in [-0.3, -0.25) is 15.0 Å². The van der Waals surface area contributed by atoms with E-state index < -0.39 is 11.9 Å². The molecule has 2 aromatic rings. The van der Waals surface area contributed by atoms with Crippen LogP contribution in [-0.4, -0.2) is 47.8 Å². The number of nitrogens with one attached hydrogen (secondary N) is 1. The van der Waals surface area contributed by atoms with Gasteiger partial charge in [0, 0.05) is 17.2 Å².